The molecule has 9 heteroatoms. The van der Waals surface area contributed by atoms with Crippen molar-refractivity contribution in [2.24, 2.45) is 11.8 Å². The highest BCUT2D eigenvalue weighted by molar-refractivity contribution is 5.69. The van der Waals surface area contributed by atoms with Crippen LogP contribution in [0.25, 0.3) is 5.65 Å². The maximum Gasteiger partial charge on any atom is 0.200 e. The lowest BCUT2D eigenvalue weighted by Crippen LogP contribution is -2.36. The highest BCUT2D eigenvalue weighted by atomic mass is 16.3. The molecule has 0 amide bonds. The van der Waals surface area contributed by atoms with Gasteiger partial charge in [-0.1, -0.05) is 13.8 Å². The first-order valence-corrected chi connectivity index (χ1v) is 9.58. The number of aromatic nitrogens is 7. The molecule has 3 aromatic rings. The number of hydrogen-bond acceptors (Lipinski definition) is 7. The smallest absolute Gasteiger partial charge is 0.200 e. The molecule has 1 saturated heterocycles. The van der Waals surface area contributed by atoms with Crippen LogP contribution in [0.5, 0.6) is 0 Å². The fraction of sp³-hybridized carbons (Fsp3) is 0.611. The third-order valence-electron chi connectivity index (χ3n) is 6.09. The molecular formula is C18H24N8O. The van der Waals surface area contributed by atoms with Crippen molar-refractivity contribution < 1.29 is 5.11 Å². The monoisotopic (exact) mass is 368 g/mol. The number of nitrogens with zero attached hydrogens (tertiary/aromatic N) is 8. The van der Waals surface area contributed by atoms with Crippen molar-refractivity contribution in [3.05, 3.63) is 30.7 Å². The van der Waals surface area contributed by atoms with Crippen molar-refractivity contribution in [1.29, 1.82) is 0 Å². The first-order chi connectivity index (χ1) is 13.1. The summed E-state index contributed by atoms with van der Waals surface area (Å²) in [6.45, 7) is 6.17. The molecule has 1 N–H and O–H groups in total. The molecule has 27 heavy (non-hydrogen) atoms. The first-order valence-electron chi connectivity index (χ1n) is 9.58. The second-order valence-corrected chi connectivity index (χ2v) is 8.11. The summed E-state index contributed by atoms with van der Waals surface area (Å²) in [5.41, 5.74) is 2.92. The SMILES string of the molecule is CC(C)c1cc(N2C[C@H]3C[C@@H](n4cncn4)[C@H](O)C[C@H]3C2)c2nncn2n1. The van der Waals surface area contributed by atoms with Gasteiger partial charge in [0.2, 0.25) is 5.65 Å². The normalized spacial score (nSPS) is 28.2. The van der Waals surface area contributed by atoms with Gasteiger partial charge >= 0.3 is 0 Å². The van der Waals surface area contributed by atoms with Gasteiger partial charge < -0.3 is 10.0 Å². The van der Waals surface area contributed by atoms with Crippen LogP contribution in [-0.4, -0.2) is 58.9 Å². The maximum absolute atomic E-state index is 10.7. The van der Waals surface area contributed by atoms with Crippen molar-refractivity contribution in [2.75, 3.05) is 18.0 Å². The fourth-order valence-corrected chi connectivity index (χ4v) is 4.62. The Labute approximate surface area is 157 Å². The third-order valence-corrected chi connectivity index (χ3v) is 6.09. The lowest BCUT2D eigenvalue weighted by molar-refractivity contribution is 0.0305. The van der Waals surface area contributed by atoms with Crippen LogP contribution < -0.4 is 4.90 Å². The number of aliphatic hydroxyl groups is 1. The quantitative estimate of drug-likeness (QED) is 0.744. The van der Waals surface area contributed by atoms with E-state index in [0.717, 1.165) is 43.0 Å². The van der Waals surface area contributed by atoms with Crippen LogP contribution in [0.1, 0.15) is 44.3 Å². The van der Waals surface area contributed by atoms with Crippen molar-refractivity contribution in [3.8, 4) is 0 Å². The Morgan fingerprint density at radius 3 is 2.70 bits per heavy atom. The molecule has 0 radical (unpaired) electrons. The first kappa shape index (κ1) is 16.6. The molecule has 1 saturated carbocycles. The van der Waals surface area contributed by atoms with Crippen molar-refractivity contribution in [2.45, 2.75) is 44.8 Å². The molecule has 142 valence electrons. The molecule has 0 unspecified atom stereocenters. The van der Waals surface area contributed by atoms with Crippen molar-refractivity contribution in [1.82, 2.24) is 34.6 Å². The fourth-order valence-electron chi connectivity index (χ4n) is 4.62. The van der Waals surface area contributed by atoms with E-state index in [2.05, 4.69) is 50.2 Å². The van der Waals surface area contributed by atoms with Crippen molar-refractivity contribution >= 4 is 11.3 Å². The topological polar surface area (TPSA) is 97.3 Å². The number of rotatable bonds is 3. The van der Waals surface area contributed by atoms with Gasteiger partial charge in [-0.2, -0.15) is 14.7 Å². The van der Waals surface area contributed by atoms with Crippen LogP contribution in [0.2, 0.25) is 0 Å². The van der Waals surface area contributed by atoms with Crippen LogP contribution >= 0.6 is 0 Å². The van der Waals surface area contributed by atoms with Crippen LogP contribution in [0.4, 0.5) is 5.69 Å². The van der Waals surface area contributed by atoms with Crippen LogP contribution in [-0.2, 0) is 0 Å². The number of fused-ring (bicyclic) bond motifs is 2. The molecule has 1 aliphatic heterocycles. The predicted molar refractivity (Wildman–Crippen MR) is 98.4 cm³/mol. The lowest BCUT2D eigenvalue weighted by Gasteiger charge is -2.34. The molecular weight excluding hydrogens is 344 g/mol. The summed E-state index contributed by atoms with van der Waals surface area (Å²) in [4.78, 5) is 6.43. The van der Waals surface area contributed by atoms with E-state index >= 15 is 0 Å². The van der Waals surface area contributed by atoms with Gasteiger partial charge in [-0.15, -0.1) is 10.2 Å². The minimum Gasteiger partial charge on any atom is -0.391 e. The Balaban J connectivity index is 1.44. The van der Waals surface area contributed by atoms with Gasteiger partial charge in [-0.3, -0.25) is 0 Å². The molecule has 0 bridgehead atoms. The standard InChI is InChI=1S/C18H24N8O/c1-11(2)14-5-16(18-22-20-10-26(18)23-14)24-6-12-3-15(25-9-19-8-21-25)17(27)4-13(12)7-24/h5,8-13,15,17,27H,3-4,6-7H2,1-2H3/t12-,13+,15-,17-/m1/s1. The second-order valence-electron chi connectivity index (χ2n) is 8.11. The van der Waals surface area contributed by atoms with Gasteiger partial charge in [0.05, 0.1) is 23.5 Å². The average Bonchev–Trinajstić information content (AvgIpc) is 3.39. The number of aliphatic hydroxyl groups excluding tert-OH is 1. The van der Waals surface area contributed by atoms with Gasteiger partial charge in [0.25, 0.3) is 0 Å². The zero-order valence-corrected chi connectivity index (χ0v) is 15.5. The van der Waals surface area contributed by atoms with E-state index in [9.17, 15) is 5.11 Å². The van der Waals surface area contributed by atoms with Crippen LogP contribution in [0.3, 0.4) is 0 Å². The summed E-state index contributed by atoms with van der Waals surface area (Å²) in [5.74, 6) is 1.32. The molecule has 5 rings (SSSR count). The molecule has 3 aromatic heterocycles. The number of hydrogen-bond donors (Lipinski definition) is 1. The van der Waals surface area contributed by atoms with E-state index in [4.69, 9.17) is 0 Å². The Morgan fingerprint density at radius 2 is 1.96 bits per heavy atom. The summed E-state index contributed by atoms with van der Waals surface area (Å²) in [6, 6.07) is 2.16. The third kappa shape index (κ3) is 2.77. The van der Waals surface area contributed by atoms with E-state index in [-0.39, 0.29) is 12.1 Å². The lowest BCUT2D eigenvalue weighted by atomic mass is 9.77. The van der Waals surface area contributed by atoms with Crippen LogP contribution in [0.15, 0.2) is 25.0 Å². The second kappa shape index (κ2) is 6.26. The summed E-state index contributed by atoms with van der Waals surface area (Å²) in [5, 5.41) is 27.9. The van der Waals surface area contributed by atoms with E-state index in [0.29, 0.717) is 17.8 Å². The summed E-state index contributed by atoms with van der Waals surface area (Å²) in [7, 11) is 0. The van der Waals surface area contributed by atoms with Crippen molar-refractivity contribution in [3.63, 3.8) is 0 Å². The maximum atomic E-state index is 10.7. The summed E-state index contributed by atoms with van der Waals surface area (Å²) >= 11 is 0. The predicted octanol–water partition coefficient (Wildman–Crippen LogP) is 1.29. The zero-order valence-electron chi connectivity index (χ0n) is 15.5. The molecule has 0 aromatic carbocycles. The van der Waals surface area contributed by atoms with Gasteiger partial charge in [0.1, 0.15) is 19.0 Å². The molecule has 2 fully saturated rings. The average molecular weight is 368 g/mol. The Bertz CT molecular complexity index is 936. The molecule has 2 aliphatic rings. The van der Waals surface area contributed by atoms with Gasteiger partial charge in [0.15, 0.2) is 0 Å². The molecule has 1 aliphatic carbocycles. The number of anilines is 1. The summed E-state index contributed by atoms with van der Waals surface area (Å²) < 4.78 is 3.59. The minimum absolute atomic E-state index is 0.00507. The largest absolute Gasteiger partial charge is 0.391 e. The highest BCUT2D eigenvalue weighted by Crippen LogP contribution is 2.43. The van der Waals surface area contributed by atoms with Gasteiger partial charge in [-0.25, -0.2) is 9.67 Å². The zero-order chi connectivity index (χ0) is 18.5. The highest BCUT2D eigenvalue weighted by Gasteiger charge is 2.43. The van der Waals surface area contributed by atoms with Crippen LogP contribution in [0, 0.1) is 11.8 Å². The Hall–Kier alpha value is -2.55. The van der Waals surface area contributed by atoms with E-state index in [1.165, 1.54) is 6.33 Å². The molecule has 4 atom stereocenters. The Morgan fingerprint density at radius 1 is 1.15 bits per heavy atom. The van der Waals surface area contributed by atoms with E-state index in [1.807, 2.05) is 4.68 Å². The molecule has 0 spiro atoms. The molecule has 9 nitrogen and oxygen atoms in total. The summed E-state index contributed by atoms with van der Waals surface area (Å²) in [6.07, 6.45) is 6.22. The Kier molecular flexibility index (Phi) is 3.85. The van der Waals surface area contributed by atoms with E-state index in [1.54, 1.807) is 17.2 Å². The minimum atomic E-state index is -0.385. The van der Waals surface area contributed by atoms with Gasteiger partial charge in [-0.05, 0) is 36.7 Å². The van der Waals surface area contributed by atoms with E-state index < -0.39 is 0 Å². The molecule has 4 heterocycles. The van der Waals surface area contributed by atoms with Gasteiger partial charge in [0, 0.05) is 13.1 Å².